The van der Waals surface area contributed by atoms with E-state index in [4.69, 9.17) is 21.1 Å². The second-order valence-corrected chi connectivity index (χ2v) is 7.15. The molecule has 1 heterocycles. The molecule has 3 N–H and O–H groups in total. The minimum atomic E-state index is -1.08. The number of aliphatic hydroxyl groups excluding tert-OH is 3. The van der Waals surface area contributed by atoms with E-state index in [9.17, 15) is 15.3 Å². The van der Waals surface area contributed by atoms with Gasteiger partial charge in [0.1, 0.15) is 18.0 Å². The zero-order chi connectivity index (χ0) is 19.4. The Labute approximate surface area is 164 Å². The van der Waals surface area contributed by atoms with Crippen molar-refractivity contribution in [3.63, 3.8) is 0 Å². The van der Waals surface area contributed by atoms with E-state index in [1.165, 1.54) is 0 Å². The molecule has 0 saturated carbocycles. The fourth-order valence-corrected chi connectivity index (χ4v) is 3.52. The third-order valence-electron chi connectivity index (χ3n) is 4.82. The standard InChI is InChI=1S/C21H25ClO5/c1-2-26-16-6-3-13(4-7-16)9-15-10-14(5-8-17(15)22)19-11-18(24)21(25)20(12-23)27-19/h3-8,10,18-21,23-25H,2,9,11-12H2,1H3/t18-,19-,20?,21+/m1/s1. The molecule has 146 valence electrons. The molecule has 1 saturated heterocycles. The maximum absolute atomic E-state index is 10.1. The Morgan fingerprint density at radius 3 is 2.56 bits per heavy atom. The van der Waals surface area contributed by atoms with E-state index in [1.54, 1.807) is 0 Å². The summed E-state index contributed by atoms with van der Waals surface area (Å²) in [6, 6.07) is 13.5. The molecule has 0 spiro atoms. The first-order chi connectivity index (χ1) is 13.0. The minimum Gasteiger partial charge on any atom is -0.494 e. The van der Waals surface area contributed by atoms with Gasteiger partial charge in [-0.15, -0.1) is 0 Å². The van der Waals surface area contributed by atoms with Crippen molar-refractivity contribution in [2.24, 2.45) is 0 Å². The summed E-state index contributed by atoms with van der Waals surface area (Å²) in [6.45, 7) is 2.23. The summed E-state index contributed by atoms with van der Waals surface area (Å²) < 4.78 is 11.2. The van der Waals surface area contributed by atoms with Gasteiger partial charge in [0.2, 0.25) is 0 Å². The molecule has 27 heavy (non-hydrogen) atoms. The van der Waals surface area contributed by atoms with Gasteiger partial charge < -0.3 is 24.8 Å². The van der Waals surface area contributed by atoms with Crippen LogP contribution in [0, 0.1) is 0 Å². The summed E-state index contributed by atoms with van der Waals surface area (Å²) in [7, 11) is 0. The minimum absolute atomic E-state index is 0.266. The summed E-state index contributed by atoms with van der Waals surface area (Å²) in [5, 5.41) is 30.0. The second kappa shape index (κ2) is 9.04. The van der Waals surface area contributed by atoms with Crippen LogP contribution in [-0.2, 0) is 11.2 Å². The van der Waals surface area contributed by atoms with E-state index in [1.807, 2.05) is 49.4 Å². The highest BCUT2D eigenvalue weighted by molar-refractivity contribution is 6.31. The fraction of sp³-hybridized carbons (Fsp3) is 0.429. The maximum atomic E-state index is 10.1. The van der Waals surface area contributed by atoms with E-state index in [0.29, 0.717) is 18.1 Å². The lowest BCUT2D eigenvalue weighted by Crippen LogP contribution is -2.47. The number of benzene rings is 2. The van der Waals surface area contributed by atoms with Gasteiger partial charge in [0.15, 0.2) is 0 Å². The smallest absolute Gasteiger partial charge is 0.119 e. The highest BCUT2D eigenvalue weighted by Gasteiger charge is 2.37. The topological polar surface area (TPSA) is 79.2 Å². The van der Waals surface area contributed by atoms with Crippen LogP contribution in [-0.4, -0.2) is 46.8 Å². The third-order valence-corrected chi connectivity index (χ3v) is 5.19. The van der Waals surface area contributed by atoms with Gasteiger partial charge in [0, 0.05) is 11.4 Å². The molecule has 5 nitrogen and oxygen atoms in total. The number of halogens is 1. The molecule has 1 aliphatic heterocycles. The molecular formula is C21H25ClO5. The van der Waals surface area contributed by atoms with Crippen LogP contribution in [0.15, 0.2) is 42.5 Å². The first-order valence-electron chi connectivity index (χ1n) is 9.14. The Bertz CT molecular complexity index is 749. The zero-order valence-electron chi connectivity index (χ0n) is 15.2. The molecule has 2 aromatic rings. The Morgan fingerprint density at radius 2 is 1.89 bits per heavy atom. The van der Waals surface area contributed by atoms with Gasteiger partial charge in [-0.2, -0.15) is 0 Å². The van der Waals surface area contributed by atoms with Gasteiger partial charge in [-0.05, 0) is 48.2 Å². The molecule has 0 bridgehead atoms. The number of ether oxygens (including phenoxy) is 2. The van der Waals surface area contributed by atoms with Crippen molar-refractivity contribution >= 4 is 11.6 Å². The predicted octanol–water partition coefficient (Wildman–Crippen LogP) is 2.87. The summed E-state index contributed by atoms with van der Waals surface area (Å²) in [6.07, 6.45) is -2.31. The highest BCUT2D eigenvalue weighted by Crippen LogP contribution is 2.34. The Morgan fingerprint density at radius 1 is 1.15 bits per heavy atom. The van der Waals surface area contributed by atoms with Crippen LogP contribution in [0.4, 0.5) is 0 Å². The van der Waals surface area contributed by atoms with Crippen molar-refractivity contribution in [2.45, 2.75) is 44.2 Å². The van der Waals surface area contributed by atoms with E-state index < -0.39 is 24.4 Å². The van der Waals surface area contributed by atoms with Crippen molar-refractivity contribution in [1.82, 2.24) is 0 Å². The van der Waals surface area contributed by atoms with E-state index in [0.717, 1.165) is 22.4 Å². The normalized spacial score (nSPS) is 25.4. The van der Waals surface area contributed by atoms with E-state index >= 15 is 0 Å². The van der Waals surface area contributed by atoms with Crippen LogP contribution < -0.4 is 4.74 Å². The van der Waals surface area contributed by atoms with Gasteiger partial charge in [0.05, 0.1) is 25.4 Å². The molecule has 1 fully saturated rings. The van der Waals surface area contributed by atoms with Crippen LogP contribution in [0.3, 0.4) is 0 Å². The monoisotopic (exact) mass is 392 g/mol. The van der Waals surface area contributed by atoms with Gasteiger partial charge in [0.25, 0.3) is 0 Å². The second-order valence-electron chi connectivity index (χ2n) is 6.74. The molecule has 1 unspecified atom stereocenters. The summed E-state index contributed by atoms with van der Waals surface area (Å²) in [4.78, 5) is 0. The van der Waals surface area contributed by atoms with Crippen LogP contribution in [0.5, 0.6) is 5.75 Å². The number of hydrogen-bond acceptors (Lipinski definition) is 5. The summed E-state index contributed by atoms with van der Waals surface area (Å²) >= 11 is 6.38. The van der Waals surface area contributed by atoms with Crippen molar-refractivity contribution in [2.75, 3.05) is 13.2 Å². The predicted molar refractivity (Wildman–Crippen MR) is 103 cm³/mol. The molecule has 2 aromatic carbocycles. The average Bonchev–Trinajstić information content (AvgIpc) is 2.67. The Hall–Kier alpha value is -1.63. The van der Waals surface area contributed by atoms with Crippen LogP contribution in [0.1, 0.15) is 36.1 Å². The molecule has 0 aliphatic carbocycles. The molecular weight excluding hydrogens is 368 g/mol. The van der Waals surface area contributed by atoms with Gasteiger partial charge in [-0.25, -0.2) is 0 Å². The van der Waals surface area contributed by atoms with Crippen molar-refractivity contribution < 1.29 is 24.8 Å². The zero-order valence-corrected chi connectivity index (χ0v) is 16.0. The fourth-order valence-electron chi connectivity index (χ4n) is 3.34. The van der Waals surface area contributed by atoms with Crippen LogP contribution >= 0.6 is 11.6 Å². The number of hydrogen-bond donors (Lipinski definition) is 3. The lowest BCUT2D eigenvalue weighted by atomic mass is 9.92. The molecule has 6 heteroatoms. The lowest BCUT2D eigenvalue weighted by Gasteiger charge is -2.36. The molecule has 1 aliphatic rings. The quantitative estimate of drug-likeness (QED) is 0.704. The van der Waals surface area contributed by atoms with Crippen molar-refractivity contribution in [1.29, 1.82) is 0 Å². The lowest BCUT2D eigenvalue weighted by molar-refractivity contribution is -0.181. The Kier molecular flexibility index (Phi) is 6.73. The SMILES string of the molecule is CCOc1ccc(Cc2cc([C@H]3C[C@@H](O)[C@H](O)C(CO)O3)ccc2Cl)cc1. The summed E-state index contributed by atoms with van der Waals surface area (Å²) in [5.74, 6) is 0.833. The van der Waals surface area contributed by atoms with Crippen molar-refractivity contribution in [3.05, 3.63) is 64.2 Å². The first kappa shape index (κ1) is 20.1. The highest BCUT2D eigenvalue weighted by atomic mass is 35.5. The average molecular weight is 393 g/mol. The molecule has 0 radical (unpaired) electrons. The van der Waals surface area contributed by atoms with Gasteiger partial charge in [-0.1, -0.05) is 35.9 Å². The van der Waals surface area contributed by atoms with Crippen LogP contribution in [0.2, 0.25) is 5.02 Å². The third kappa shape index (κ3) is 4.81. The molecule has 0 amide bonds. The largest absolute Gasteiger partial charge is 0.494 e. The molecule has 4 atom stereocenters. The number of rotatable bonds is 6. The first-order valence-corrected chi connectivity index (χ1v) is 9.52. The maximum Gasteiger partial charge on any atom is 0.119 e. The van der Waals surface area contributed by atoms with E-state index in [2.05, 4.69) is 0 Å². The van der Waals surface area contributed by atoms with E-state index in [-0.39, 0.29) is 13.0 Å². The Balaban J connectivity index is 1.78. The van der Waals surface area contributed by atoms with Crippen LogP contribution in [0.25, 0.3) is 0 Å². The molecule has 3 rings (SSSR count). The van der Waals surface area contributed by atoms with Crippen molar-refractivity contribution in [3.8, 4) is 5.75 Å². The molecule has 0 aromatic heterocycles. The van der Waals surface area contributed by atoms with Gasteiger partial charge >= 0.3 is 0 Å². The van der Waals surface area contributed by atoms with Gasteiger partial charge in [-0.3, -0.25) is 0 Å². The summed E-state index contributed by atoms with van der Waals surface area (Å²) in [5.41, 5.74) is 2.92. The number of aliphatic hydroxyl groups is 3.